The highest BCUT2D eigenvalue weighted by Crippen LogP contribution is 2.26. The summed E-state index contributed by atoms with van der Waals surface area (Å²) in [5.74, 6) is -0.480. The van der Waals surface area contributed by atoms with Crippen LogP contribution in [0.3, 0.4) is 0 Å². The van der Waals surface area contributed by atoms with E-state index < -0.39 is 0 Å². The average molecular weight is 432 g/mol. The highest BCUT2D eigenvalue weighted by atomic mass is 19.1. The van der Waals surface area contributed by atoms with E-state index in [-0.39, 0.29) is 23.7 Å². The van der Waals surface area contributed by atoms with Gasteiger partial charge < -0.3 is 5.32 Å². The first kappa shape index (κ1) is 21.5. The monoisotopic (exact) mass is 432 g/mol. The first-order chi connectivity index (χ1) is 15.4. The second kappa shape index (κ2) is 8.78. The zero-order valence-corrected chi connectivity index (χ0v) is 18.4. The minimum atomic E-state index is -0.372. The summed E-state index contributed by atoms with van der Waals surface area (Å²) in [6.45, 7) is 4.20. The molecule has 4 aromatic rings. The molecule has 7 heteroatoms. The van der Waals surface area contributed by atoms with Gasteiger partial charge in [0, 0.05) is 31.0 Å². The van der Waals surface area contributed by atoms with Crippen molar-refractivity contribution >= 4 is 16.9 Å². The first-order valence-electron chi connectivity index (χ1n) is 10.5. The van der Waals surface area contributed by atoms with Gasteiger partial charge in [-0.15, -0.1) is 0 Å². The maximum Gasteiger partial charge on any atom is 0.255 e. The molecule has 0 aliphatic carbocycles. The van der Waals surface area contributed by atoms with Crippen molar-refractivity contribution in [3.8, 4) is 5.69 Å². The van der Waals surface area contributed by atoms with Crippen LogP contribution >= 0.6 is 0 Å². The average Bonchev–Trinajstić information content (AvgIpc) is 3.14. The van der Waals surface area contributed by atoms with E-state index in [1.54, 1.807) is 23.9 Å². The Morgan fingerprint density at radius 1 is 1.09 bits per heavy atom. The van der Waals surface area contributed by atoms with Gasteiger partial charge in [0.05, 0.1) is 11.4 Å². The van der Waals surface area contributed by atoms with Gasteiger partial charge >= 0.3 is 0 Å². The number of aromatic nitrogens is 3. The number of amides is 1. The van der Waals surface area contributed by atoms with Crippen LogP contribution in [-0.4, -0.2) is 20.3 Å². The maximum absolute atomic E-state index is 13.8. The molecule has 0 atom stereocenters. The molecule has 0 saturated carbocycles. The van der Waals surface area contributed by atoms with Crippen molar-refractivity contribution in [1.82, 2.24) is 19.7 Å². The van der Waals surface area contributed by atoms with E-state index in [9.17, 15) is 14.0 Å². The summed E-state index contributed by atoms with van der Waals surface area (Å²) >= 11 is 0. The summed E-state index contributed by atoms with van der Waals surface area (Å²) in [4.78, 5) is 25.5. The molecule has 0 saturated heterocycles. The van der Waals surface area contributed by atoms with E-state index in [1.807, 2.05) is 44.2 Å². The predicted octanol–water partition coefficient (Wildman–Crippen LogP) is 3.73. The van der Waals surface area contributed by atoms with Gasteiger partial charge in [0.15, 0.2) is 0 Å². The number of hydrogen-bond donors (Lipinski definition) is 1. The second-order valence-electron chi connectivity index (χ2n) is 7.91. The minimum absolute atomic E-state index is 0.109. The predicted molar refractivity (Wildman–Crippen MR) is 122 cm³/mol. The molecule has 164 valence electrons. The number of pyridine rings is 1. The second-order valence-corrected chi connectivity index (χ2v) is 7.91. The van der Waals surface area contributed by atoms with Crippen molar-refractivity contribution in [1.29, 1.82) is 0 Å². The SMILES string of the molecule is Cc1nn(-c2cccc(F)c2)c2c1c(C)c(CCC(=O)NCc1ccccc1)c(=O)n2C. The normalized spacial score (nSPS) is 11.1. The molecule has 0 unspecified atom stereocenters. The fraction of sp³-hybridized carbons (Fsp3) is 0.240. The van der Waals surface area contributed by atoms with Crippen molar-refractivity contribution in [2.24, 2.45) is 7.05 Å². The van der Waals surface area contributed by atoms with Gasteiger partial charge in [0.25, 0.3) is 5.56 Å². The van der Waals surface area contributed by atoms with Crippen LogP contribution in [0, 0.1) is 19.7 Å². The molecule has 1 N–H and O–H groups in total. The molecule has 2 aromatic heterocycles. The highest BCUT2D eigenvalue weighted by Gasteiger charge is 2.20. The third-order valence-corrected chi connectivity index (χ3v) is 5.73. The number of carbonyl (C=O) groups excluding carboxylic acids is 1. The lowest BCUT2D eigenvalue weighted by atomic mass is 10.0. The number of benzene rings is 2. The Hall–Kier alpha value is -3.74. The Labute approximate surface area is 185 Å². The third-order valence-electron chi connectivity index (χ3n) is 5.73. The van der Waals surface area contributed by atoms with Gasteiger partial charge in [-0.25, -0.2) is 9.07 Å². The fourth-order valence-electron chi connectivity index (χ4n) is 4.08. The van der Waals surface area contributed by atoms with Crippen LogP contribution in [0.4, 0.5) is 4.39 Å². The van der Waals surface area contributed by atoms with Gasteiger partial charge in [-0.2, -0.15) is 5.10 Å². The standard InChI is InChI=1S/C25H25FN4O2/c1-16-21(12-13-22(31)27-15-18-8-5-4-6-9-18)25(32)29(3)24-23(16)17(2)28-30(24)20-11-7-10-19(26)14-20/h4-11,14H,12-13,15H2,1-3H3,(H,27,31). The largest absolute Gasteiger partial charge is 0.352 e. The fourth-order valence-corrected chi connectivity index (χ4v) is 4.08. The number of aryl methyl sites for hydroxylation is 3. The zero-order chi connectivity index (χ0) is 22.8. The molecular formula is C25H25FN4O2. The smallest absolute Gasteiger partial charge is 0.255 e. The Balaban J connectivity index is 1.63. The van der Waals surface area contributed by atoms with E-state index in [0.29, 0.717) is 29.9 Å². The van der Waals surface area contributed by atoms with Gasteiger partial charge in [0.2, 0.25) is 5.91 Å². The van der Waals surface area contributed by atoms with Gasteiger partial charge in [-0.3, -0.25) is 14.2 Å². The lowest BCUT2D eigenvalue weighted by Gasteiger charge is -2.13. The van der Waals surface area contributed by atoms with Crippen molar-refractivity contribution in [2.45, 2.75) is 33.2 Å². The molecule has 0 aliphatic heterocycles. The summed E-state index contributed by atoms with van der Waals surface area (Å²) in [5.41, 5.74) is 4.14. The molecule has 0 bridgehead atoms. The van der Waals surface area contributed by atoms with Crippen LogP contribution in [0.2, 0.25) is 0 Å². The summed E-state index contributed by atoms with van der Waals surface area (Å²) < 4.78 is 16.9. The first-order valence-corrected chi connectivity index (χ1v) is 10.5. The summed E-state index contributed by atoms with van der Waals surface area (Å²) in [5, 5.41) is 8.32. The van der Waals surface area contributed by atoms with Crippen LogP contribution in [0.1, 0.15) is 28.8 Å². The van der Waals surface area contributed by atoms with Crippen molar-refractivity contribution in [3.05, 3.63) is 93.2 Å². The molecule has 0 spiro atoms. The Kier molecular flexibility index (Phi) is 5.90. The van der Waals surface area contributed by atoms with E-state index >= 15 is 0 Å². The summed E-state index contributed by atoms with van der Waals surface area (Å²) in [6.07, 6.45) is 0.547. The van der Waals surface area contributed by atoms with E-state index in [4.69, 9.17) is 0 Å². The molecule has 6 nitrogen and oxygen atoms in total. The topological polar surface area (TPSA) is 68.9 Å². The lowest BCUT2D eigenvalue weighted by molar-refractivity contribution is -0.121. The number of hydrogen-bond acceptors (Lipinski definition) is 3. The van der Waals surface area contributed by atoms with E-state index in [1.165, 1.54) is 16.7 Å². The number of carbonyl (C=O) groups is 1. The maximum atomic E-state index is 13.8. The van der Waals surface area contributed by atoms with Crippen molar-refractivity contribution < 1.29 is 9.18 Å². The Morgan fingerprint density at radius 2 is 1.84 bits per heavy atom. The molecule has 0 radical (unpaired) electrons. The molecule has 0 fully saturated rings. The molecular weight excluding hydrogens is 407 g/mol. The molecule has 4 rings (SSSR count). The number of rotatable bonds is 6. The molecule has 32 heavy (non-hydrogen) atoms. The van der Waals surface area contributed by atoms with Gasteiger partial charge in [-0.05, 0) is 49.6 Å². The quantitative estimate of drug-likeness (QED) is 0.505. The van der Waals surface area contributed by atoms with Gasteiger partial charge in [-0.1, -0.05) is 36.4 Å². The summed E-state index contributed by atoms with van der Waals surface area (Å²) in [6, 6.07) is 15.8. The third kappa shape index (κ3) is 4.06. The molecule has 1 amide bonds. The van der Waals surface area contributed by atoms with Crippen molar-refractivity contribution in [2.75, 3.05) is 0 Å². The molecule has 2 aromatic carbocycles. The van der Waals surface area contributed by atoms with Crippen LogP contribution in [0.5, 0.6) is 0 Å². The van der Waals surface area contributed by atoms with E-state index in [0.717, 1.165) is 22.2 Å². The number of halogens is 1. The van der Waals surface area contributed by atoms with Crippen LogP contribution < -0.4 is 10.9 Å². The van der Waals surface area contributed by atoms with Crippen LogP contribution in [0.25, 0.3) is 16.7 Å². The lowest BCUT2D eigenvalue weighted by Crippen LogP contribution is -2.27. The van der Waals surface area contributed by atoms with Crippen LogP contribution in [-0.2, 0) is 24.8 Å². The van der Waals surface area contributed by atoms with Crippen molar-refractivity contribution in [3.63, 3.8) is 0 Å². The van der Waals surface area contributed by atoms with E-state index in [2.05, 4.69) is 10.4 Å². The number of fused-ring (bicyclic) bond motifs is 1. The molecule has 2 heterocycles. The zero-order valence-electron chi connectivity index (χ0n) is 18.4. The number of nitrogens with one attached hydrogen (secondary N) is 1. The van der Waals surface area contributed by atoms with Gasteiger partial charge in [0.1, 0.15) is 11.5 Å². The minimum Gasteiger partial charge on any atom is -0.352 e. The molecule has 0 aliphatic rings. The Bertz CT molecular complexity index is 1360. The Morgan fingerprint density at radius 3 is 2.56 bits per heavy atom. The van der Waals surface area contributed by atoms with Crippen LogP contribution in [0.15, 0.2) is 59.4 Å². The highest BCUT2D eigenvalue weighted by molar-refractivity contribution is 5.85. The number of nitrogens with zero attached hydrogens (tertiary/aromatic N) is 3. The summed E-state index contributed by atoms with van der Waals surface area (Å²) in [7, 11) is 1.68.